The van der Waals surface area contributed by atoms with Crippen LogP contribution in [0.4, 0.5) is 17.3 Å². The van der Waals surface area contributed by atoms with Crippen molar-refractivity contribution in [3.8, 4) is 5.69 Å². The number of H-pyrrole nitrogens is 1. The first kappa shape index (κ1) is 23.3. The number of aliphatic hydroxyl groups is 1. The third-order valence-electron chi connectivity index (χ3n) is 5.59. The SMILES string of the molecule is O=c1[nH]c2nc(Nc3ccc(N4CC(OCCO)C4)cc3)ncc2c(=O)n1-c1c(Cl)cccc1Cl. The van der Waals surface area contributed by atoms with Gasteiger partial charge in [0.15, 0.2) is 5.65 Å². The Labute approximate surface area is 208 Å². The summed E-state index contributed by atoms with van der Waals surface area (Å²) in [6.45, 7) is 1.91. The molecule has 12 heteroatoms. The highest BCUT2D eigenvalue weighted by Crippen LogP contribution is 2.27. The van der Waals surface area contributed by atoms with Crippen LogP contribution < -0.4 is 21.5 Å². The molecule has 5 rings (SSSR count). The number of nitrogens with zero attached hydrogens (tertiary/aromatic N) is 4. The van der Waals surface area contributed by atoms with Crippen LogP contribution in [0, 0.1) is 0 Å². The summed E-state index contributed by atoms with van der Waals surface area (Å²) in [6.07, 6.45) is 1.47. The Hall–Kier alpha value is -3.44. The van der Waals surface area contributed by atoms with Gasteiger partial charge in [-0.1, -0.05) is 29.3 Å². The van der Waals surface area contributed by atoms with E-state index in [-0.39, 0.29) is 45.4 Å². The van der Waals surface area contributed by atoms with Crippen molar-refractivity contribution in [3.63, 3.8) is 0 Å². The third-order valence-corrected chi connectivity index (χ3v) is 6.20. The van der Waals surface area contributed by atoms with Gasteiger partial charge >= 0.3 is 5.69 Å². The molecule has 0 unspecified atom stereocenters. The van der Waals surface area contributed by atoms with E-state index in [9.17, 15) is 9.59 Å². The van der Waals surface area contributed by atoms with E-state index in [0.29, 0.717) is 6.61 Å². The molecule has 3 N–H and O–H groups in total. The number of rotatable bonds is 7. The van der Waals surface area contributed by atoms with E-state index in [1.54, 1.807) is 18.2 Å². The Morgan fingerprint density at radius 3 is 2.51 bits per heavy atom. The largest absolute Gasteiger partial charge is 0.394 e. The van der Waals surface area contributed by atoms with Crippen LogP contribution in [0.2, 0.25) is 10.0 Å². The first-order valence-electron chi connectivity index (χ1n) is 10.8. The van der Waals surface area contributed by atoms with Crippen molar-refractivity contribution in [2.75, 3.05) is 36.5 Å². The molecular formula is C23H20Cl2N6O4. The predicted molar refractivity (Wildman–Crippen MR) is 135 cm³/mol. The molecule has 0 amide bonds. The van der Waals surface area contributed by atoms with Crippen LogP contribution in [-0.2, 0) is 4.74 Å². The van der Waals surface area contributed by atoms with Gasteiger partial charge in [-0.2, -0.15) is 4.98 Å². The van der Waals surface area contributed by atoms with Crippen molar-refractivity contribution in [2.45, 2.75) is 6.10 Å². The van der Waals surface area contributed by atoms with Crippen molar-refractivity contribution >= 4 is 51.6 Å². The molecule has 1 fully saturated rings. The number of hydrogen-bond acceptors (Lipinski definition) is 8. The summed E-state index contributed by atoms with van der Waals surface area (Å²) in [5, 5.41) is 12.3. The van der Waals surface area contributed by atoms with E-state index in [2.05, 4.69) is 25.2 Å². The molecule has 35 heavy (non-hydrogen) atoms. The summed E-state index contributed by atoms with van der Waals surface area (Å²) in [4.78, 5) is 39.1. The number of nitrogens with one attached hydrogen (secondary N) is 2. The normalized spacial score (nSPS) is 13.7. The Bertz CT molecular complexity index is 1480. The Balaban J connectivity index is 1.36. The summed E-state index contributed by atoms with van der Waals surface area (Å²) < 4.78 is 6.37. The van der Waals surface area contributed by atoms with Crippen LogP contribution in [0.15, 0.2) is 58.3 Å². The monoisotopic (exact) mass is 514 g/mol. The molecule has 1 saturated heterocycles. The maximum absolute atomic E-state index is 13.0. The second kappa shape index (κ2) is 9.67. The number of aromatic amines is 1. The number of para-hydroxylation sites is 1. The highest BCUT2D eigenvalue weighted by Gasteiger charge is 2.27. The summed E-state index contributed by atoms with van der Waals surface area (Å²) in [5.41, 5.74) is 0.609. The molecule has 0 aliphatic carbocycles. The lowest BCUT2D eigenvalue weighted by Crippen LogP contribution is -2.52. The van der Waals surface area contributed by atoms with Crippen molar-refractivity contribution in [2.24, 2.45) is 0 Å². The third kappa shape index (κ3) is 4.61. The van der Waals surface area contributed by atoms with Crippen LogP contribution >= 0.6 is 23.2 Å². The zero-order valence-corrected chi connectivity index (χ0v) is 19.8. The Kier molecular flexibility index (Phi) is 6.44. The molecular weight excluding hydrogens is 495 g/mol. The van der Waals surface area contributed by atoms with Crippen molar-refractivity contribution in [1.29, 1.82) is 0 Å². The fourth-order valence-electron chi connectivity index (χ4n) is 3.83. The lowest BCUT2D eigenvalue weighted by atomic mass is 10.1. The van der Waals surface area contributed by atoms with E-state index in [1.165, 1.54) is 6.20 Å². The minimum Gasteiger partial charge on any atom is -0.394 e. The number of aromatic nitrogens is 4. The van der Waals surface area contributed by atoms with Crippen LogP contribution in [-0.4, -0.2) is 57.0 Å². The molecule has 4 aromatic rings. The number of fused-ring (bicyclic) bond motifs is 1. The zero-order valence-electron chi connectivity index (χ0n) is 18.2. The maximum atomic E-state index is 13.0. The number of aliphatic hydroxyl groups excluding tert-OH is 1. The average Bonchev–Trinajstić information content (AvgIpc) is 2.81. The van der Waals surface area contributed by atoms with Gasteiger partial charge in [0.25, 0.3) is 5.56 Å². The number of halogens is 2. The minimum atomic E-state index is -0.720. The molecule has 2 aromatic heterocycles. The van der Waals surface area contributed by atoms with Crippen LogP contribution in [0.25, 0.3) is 16.7 Å². The van der Waals surface area contributed by atoms with Gasteiger partial charge < -0.3 is 20.1 Å². The van der Waals surface area contributed by atoms with Crippen molar-refractivity contribution in [3.05, 3.63) is 79.5 Å². The predicted octanol–water partition coefficient (Wildman–Crippen LogP) is 2.72. The average molecular weight is 515 g/mol. The van der Waals surface area contributed by atoms with Crippen LogP contribution in [0.5, 0.6) is 0 Å². The van der Waals surface area contributed by atoms with Gasteiger partial charge in [0.1, 0.15) is 5.39 Å². The van der Waals surface area contributed by atoms with E-state index in [0.717, 1.165) is 29.0 Å². The molecule has 10 nitrogen and oxygen atoms in total. The minimum absolute atomic E-state index is 0.0213. The van der Waals surface area contributed by atoms with Gasteiger partial charge in [0, 0.05) is 30.7 Å². The standard InChI is InChI=1S/C23H20Cl2N6O4/c24-17-2-1-3-18(25)19(17)31-21(33)16-10-26-22(28-20(16)29-23(31)34)27-13-4-6-14(7-5-13)30-11-15(12-30)35-9-8-32/h1-7,10,15,32H,8-9,11-12H2,(H2,26,27,28,29,34). The van der Waals surface area contributed by atoms with Crippen LogP contribution in [0.1, 0.15) is 0 Å². The molecule has 0 saturated carbocycles. The molecule has 1 aliphatic heterocycles. The van der Waals surface area contributed by atoms with Gasteiger partial charge in [0.05, 0.1) is 35.1 Å². The van der Waals surface area contributed by atoms with E-state index in [4.69, 9.17) is 33.0 Å². The summed E-state index contributed by atoms with van der Waals surface area (Å²) in [5.74, 6) is 0.218. The van der Waals surface area contributed by atoms with E-state index >= 15 is 0 Å². The maximum Gasteiger partial charge on any atom is 0.334 e. The Morgan fingerprint density at radius 2 is 1.83 bits per heavy atom. The Morgan fingerprint density at radius 1 is 1.11 bits per heavy atom. The quantitative estimate of drug-likeness (QED) is 0.343. The molecule has 0 radical (unpaired) electrons. The number of hydrogen-bond donors (Lipinski definition) is 3. The molecule has 3 heterocycles. The summed E-state index contributed by atoms with van der Waals surface area (Å²) in [6, 6.07) is 12.4. The highest BCUT2D eigenvalue weighted by molar-refractivity contribution is 6.37. The molecule has 1 aliphatic rings. The molecule has 0 atom stereocenters. The topological polar surface area (TPSA) is 125 Å². The second-order valence-electron chi connectivity index (χ2n) is 7.89. The van der Waals surface area contributed by atoms with Crippen molar-refractivity contribution < 1.29 is 9.84 Å². The smallest absolute Gasteiger partial charge is 0.334 e. The van der Waals surface area contributed by atoms with Gasteiger partial charge in [-0.15, -0.1) is 0 Å². The van der Waals surface area contributed by atoms with Crippen molar-refractivity contribution in [1.82, 2.24) is 19.5 Å². The summed E-state index contributed by atoms with van der Waals surface area (Å²) in [7, 11) is 0. The fourth-order valence-corrected chi connectivity index (χ4v) is 4.39. The fraction of sp³-hybridized carbons (Fsp3) is 0.217. The van der Waals surface area contributed by atoms with Gasteiger partial charge in [-0.25, -0.2) is 14.3 Å². The van der Waals surface area contributed by atoms with E-state index < -0.39 is 11.2 Å². The highest BCUT2D eigenvalue weighted by atomic mass is 35.5. The first-order chi connectivity index (χ1) is 16.9. The van der Waals surface area contributed by atoms with E-state index in [1.807, 2.05) is 24.3 Å². The molecule has 180 valence electrons. The number of benzene rings is 2. The van der Waals surface area contributed by atoms with Gasteiger partial charge in [-0.05, 0) is 36.4 Å². The summed E-state index contributed by atoms with van der Waals surface area (Å²) >= 11 is 12.4. The van der Waals surface area contributed by atoms with Gasteiger partial charge in [0.2, 0.25) is 5.95 Å². The lowest BCUT2D eigenvalue weighted by Gasteiger charge is -2.40. The first-order valence-corrected chi connectivity index (χ1v) is 11.5. The molecule has 2 aromatic carbocycles. The molecule has 0 bridgehead atoms. The zero-order chi connectivity index (χ0) is 24.5. The van der Waals surface area contributed by atoms with Gasteiger partial charge in [-0.3, -0.25) is 9.78 Å². The molecule has 0 spiro atoms. The second-order valence-corrected chi connectivity index (χ2v) is 8.70. The lowest BCUT2D eigenvalue weighted by molar-refractivity contribution is 0.0135. The number of anilines is 3. The van der Waals surface area contributed by atoms with Crippen LogP contribution in [0.3, 0.4) is 0 Å². The number of ether oxygens (including phenoxy) is 1.